The molecule has 0 aromatic rings. The van der Waals surface area contributed by atoms with E-state index in [0.717, 1.165) is 12.8 Å². The van der Waals surface area contributed by atoms with Crippen molar-refractivity contribution in [2.45, 2.75) is 12.8 Å². The quantitative estimate of drug-likeness (QED) is 0.387. The Hall–Kier alpha value is -0.870. The number of aliphatic hydroxyl groups excluding tert-OH is 1. The maximum absolute atomic E-state index is 11.2. The van der Waals surface area contributed by atoms with Gasteiger partial charge in [-0.2, -0.15) is 0 Å². The van der Waals surface area contributed by atoms with Crippen molar-refractivity contribution in [1.82, 2.24) is 10.6 Å². The summed E-state index contributed by atoms with van der Waals surface area (Å²) in [5.41, 5.74) is -0.00586. The monoisotopic (exact) mass is 198 g/mol. The zero-order valence-corrected chi connectivity index (χ0v) is 8.38. The first-order valence-corrected chi connectivity index (χ1v) is 4.92. The standard InChI is InChI=1S/C10H18N2O2/c1-2-5-11-6-9(14)12-7-10(8-13)3-4-10/h2,11,13H,1,3-8H2,(H,12,14). The van der Waals surface area contributed by atoms with Gasteiger partial charge >= 0.3 is 0 Å². The highest BCUT2D eigenvalue weighted by molar-refractivity contribution is 5.78. The molecule has 3 N–H and O–H groups in total. The first-order chi connectivity index (χ1) is 6.72. The fraction of sp³-hybridized carbons (Fsp3) is 0.700. The minimum Gasteiger partial charge on any atom is -0.396 e. The Bertz CT molecular complexity index is 212. The summed E-state index contributed by atoms with van der Waals surface area (Å²) in [6, 6.07) is 0. The number of nitrogens with one attached hydrogen (secondary N) is 2. The molecule has 0 aromatic heterocycles. The predicted molar refractivity (Wildman–Crippen MR) is 54.8 cm³/mol. The maximum Gasteiger partial charge on any atom is 0.233 e. The molecule has 0 unspecified atom stereocenters. The first kappa shape index (κ1) is 11.2. The minimum absolute atomic E-state index is 0.00586. The van der Waals surface area contributed by atoms with Crippen LogP contribution in [0.25, 0.3) is 0 Å². The van der Waals surface area contributed by atoms with E-state index in [9.17, 15) is 4.79 Å². The van der Waals surface area contributed by atoms with E-state index in [1.807, 2.05) is 0 Å². The van der Waals surface area contributed by atoms with Crippen molar-refractivity contribution in [3.05, 3.63) is 12.7 Å². The molecule has 0 aliphatic heterocycles. The third-order valence-corrected chi connectivity index (χ3v) is 2.53. The lowest BCUT2D eigenvalue weighted by molar-refractivity contribution is -0.120. The molecule has 4 heteroatoms. The summed E-state index contributed by atoms with van der Waals surface area (Å²) in [5.74, 6) is -0.0217. The molecule has 1 fully saturated rings. The average molecular weight is 198 g/mol. The molecule has 1 amide bonds. The van der Waals surface area contributed by atoms with E-state index in [2.05, 4.69) is 17.2 Å². The molecule has 0 saturated heterocycles. The topological polar surface area (TPSA) is 61.4 Å². The Morgan fingerprint density at radius 3 is 2.79 bits per heavy atom. The number of carbonyl (C=O) groups is 1. The molecule has 0 spiro atoms. The summed E-state index contributed by atoms with van der Waals surface area (Å²) in [7, 11) is 0. The smallest absolute Gasteiger partial charge is 0.233 e. The van der Waals surface area contributed by atoms with Crippen LogP contribution in [0.2, 0.25) is 0 Å². The molecule has 0 heterocycles. The molecule has 0 aromatic carbocycles. The highest BCUT2D eigenvalue weighted by Gasteiger charge is 2.41. The van der Waals surface area contributed by atoms with Crippen LogP contribution in [0.15, 0.2) is 12.7 Å². The van der Waals surface area contributed by atoms with Crippen LogP contribution in [0.5, 0.6) is 0 Å². The molecule has 80 valence electrons. The lowest BCUT2D eigenvalue weighted by Gasteiger charge is -2.12. The molecule has 4 nitrogen and oxygen atoms in total. The molecular formula is C10H18N2O2. The third-order valence-electron chi connectivity index (χ3n) is 2.53. The van der Waals surface area contributed by atoms with E-state index < -0.39 is 0 Å². The van der Waals surface area contributed by atoms with Crippen molar-refractivity contribution in [2.75, 3.05) is 26.2 Å². The number of hydrogen-bond acceptors (Lipinski definition) is 3. The van der Waals surface area contributed by atoms with E-state index in [1.165, 1.54) is 0 Å². The number of amides is 1. The van der Waals surface area contributed by atoms with Crippen molar-refractivity contribution in [2.24, 2.45) is 5.41 Å². The molecule has 1 saturated carbocycles. The average Bonchev–Trinajstić information content (AvgIpc) is 2.96. The molecule has 1 rings (SSSR count). The second-order valence-corrected chi connectivity index (χ2v) is 3.85. The number of hydrogen-bond donors (Lipinski definition) is 3. The molecule has 0 atom stereocenters. The normalized spacial score (nSPS) is 17.5. The van der Waals surface area contributed by atoms with Gasteiger partial charge < -0.3 is 15.7 Å². The van der Waals surface area contributed by atoms with Crippen LogP contribution >= 0.6 is 0 Å². The van der Waals surface area contributed by atoms with Crippen LogP contribution in [-0.2, 0) is 4.79 Å². The summed E-state index contributed by atoms with van der Waals surface area (Å²) >= 11 is 0. The molecule has 1 aliphatic rings. The maximum atomic E-state index is 11.2. The second-order valence-electron chi connectivity index (χ2n) is 3.85. The fourth-order valence-corrected chi connectivity index (χ4v) is 1.20. The Kier molecular flexibility index (Phi) is 4.10. The van der Waals surface area contributed by atoms with Crippen molar-refractivity contribution in [3.8, 4) is 0 Å². The molecule has 1 aliphatic carbocycles. The van der Waals surface area contributed by atoms with Crippen LogP contribution in [0, 0.1) is 5.41 Å². The van der Waals surface area contributed by atoms with Crippen molar-refractivity contribution in [1.29, 1.82) is 0 Å². The van der Waals surface area contributed by atoms with Crippen LogP contribution < -0.4 is 10.6 Å². The van der Waals surface area contributed by atoms with Crippen molar-refractivity contribution >= 4 is 5.91 Å². The van der Waals surface area contributed by atoms with Gasteiger partial charge in [-0.15, -0.1) is 6.58 Å². The summed E-state index contributed by atoms with van der Waals surface area (Å²) in [6.45, 7) is 5.26. The summed E-state index contributed by atoms with van der Waals surface area (Å²) in [4.78, 5) is 11.2. The Labute approximate surface area is 84.4 Å². The van der Waals surface area contributed by atoms with Gasteiger partial charge in [-0.05, 0) is 12.8 Å². The van der Waals surface area contributed by atoms with Crippen LogP contribution in [0.3, 0.4) is 0 Å². The van der Waals surface area contributed by atoms with Gasteiger partial charge in [0, 0.05) is 18.5 Å². The molecular weight excluding hydrogens is 180 g/mol. The zero-order chi connectivity index (χ0) is 10.4. The largest absolute Gasteiger partial charge is 0.396 e. The van der Waals surface area contributed by atoms with E-state index in [1.54, 1.807) is 6.08 Å². The van der Waals surface area contributed by atoms with Gasteiger partial charge in [-0.1, -0.05) is 6.08 Å². The van der Waals surface area contributed by atoms with Gasteiger partial charge in [0.05, 0.1) is 13.2 Å². The van der Waals surface area contributed by atoms with Crippen molar-refractivity contribution in [3.63, 3.8) is 0 Å². The summed E-state index contributed by atoms with van der Waals surface area (Å²) < 4.78 is 0. The highest BCUT2D eigenvalue weighted by Crippen LogP contribution is 2.44. The minimum atomic E-state index is -0.0217. The second kappa shape index (κ2) is 5.12. The molecule has 0 radical (unpaired) electrons. The lowest BCUT2D eigenvalue weighted by Crippen LogP contribution is -2.38. The van der Waals surface area contributed by atoms with Gasteiger partial charge in [0.1, 0.15) is 0 Å². The predicted octanol–water partition coefficient (Wildman–Crippen LogP) is -0.349. The number of carbonyl (C=O) groups excluding carboxylic acids is 1. The van der Waals surface area contributed by atoms with Crippen LogP contribution in [-0.4, -0.2) is 37.3 Å². The Balaban J connectivity index is 2.06. The third kappa shape index (κ3) is 3.47. The van der Waals surface area contributed by atoms with E-state index in [4.69, 9.17) is 5.11 Å². The number of aliphatic hydroxyl groups is 1. The van der Waals surface area contributed by atoms with Crippen LogP contribution in [0.4, 0.5) is 0 Å². The van der Waals surface area contributed by atoms with Crippen molar-refractivity contribution < 1.29 is 9.90 Å². The van der Waals surface area contributed by atoms with E-state index >= 15 is 0 Å². The van der Waals surface area contributed by atoms with Crippen LogP contribution in [0.1, 0.15) is 12.8 Å². The Morgan fingerprint density at radius 1 is 1.57 bits per heavy atom. The summed E-state index contributed by atoms with van der Waals surface area (Å²) in [6.07, 6.45) is 3.75. The van der Waals surface area contributed by atoms with Gasteiger partial charge in [0.25, 0.3) is 0 Å². The first-order valence-electron chi connectivity index (χ1n) is 4.92. The Morgan fingerprint density at radius 2 is 2.29 bits per heavy atom. The zero-order valence-electron chi connectivity index (χ0n) is 8.38. The highest BCUT2D eigenvalue weighted by atomic mass is 16.3. The number of rotatable bonds is 7. The van der Waals surface area contributed by atoms with Gasteiger partial charge in [0.15, 0.2) is 0 Å². The molecule has 14 heavy (non-hydrogen) atoms. The van der Waals surface area contributed by atoms with Gasteiger partial charge in [0.2, 0.25) is 5.91 Å². The summed E-state index contributed by atoms with van der Waals surface area (Å²) in [5, 5.41) is 14.7. The SMILES string of the molecule is C=CCNCC(=O)NCC1(CO)CC1. The van der Waals surface area contributed by atoms with Gasteiger partial charge in [-0.25, -0.2) is 0 Å². The van der Waals surface area contributed by atoms with E-state index in [-0.39, 0.29) is 17.9 Å². The lowest BCUT2D eigenvalue weighted by atomic mass is 10.1. The van der Waals surface area contributed by atoms with Gasteiger partial charge in [-0.3, -0.25) is 4.79 Å². The van der Waals surface area contributed by atoms with E-state index in [0.29, 0.717) is 19.6 Å². The molecule has 0 bridgehead atoms. The fourth-order valence-electron chi connectivity index (χ4n) is 1.20.